The van der Waals surface area contributed by atoms with Gasteiger partial charge in [-0.15, -0.1) is 0 Å². The maximum atomic E-state index is 13.0. The van der Waals surface area contributed by atoms with Crippen molar-refractivity contribution < 1.29 is 22.7 Å². The Labute approximate surface area is 193 Å². The number of aromatic nitrogens is 3. The van der Waals surface area contributed by atoms with Crippen LogP contribution >= 0.6 is 11.6 Å². The average molecular weight is 477 g/mol. The number of halogens is 4. The van der Waals surface area contributed by atoms with Crippen LogP contribution in [0.5, 0.6) is 5.75 Å². The molecule has 4 rings (SSSR count). The van der Waals surface area contributed by atoms with Crippen molar-refractivity contribution in [2.24, 2.45) is 0 Å². The van der Waals surface area contributed by atoms with Crippen LogP contribution in [-0.2, 0) is 11.3 Å². The van der Waals surface area contributed by atoms with Crippen LogP contribution in [-0.4, -0.2) is 45.1 Å². The quantitative estimate of drug-likeness (QED) is 0.518. The fourth-order valence-corrected chi connectivity index (χ4v) is 3.68. The monoisotopic (exact) mass is 476 g/mol. The second kappa shape index (κ2) is 8.99. The van der Waals surface area contributed by atoms with Crippen molar-refractivity contribution in [3.63, 3.8) is 0 Å². The van der Waals surface area contributed by atoms with Crippen molar-refractivity contribution in [2.75, 3.05) is 13.1 Å². The lowest BCUT2D eigenvalue weighted by atomic mass is 10.1. The van der Waals surface area contributed by atoms with Crippen LogP contribution in [0.25, 0.3) is 17.1 Å². The molecule has 0 bridgehead atoms. The molecule has 0 aliphatic carbocycles. The summed E-state index contributed by atoms with van der Waals surface area (Å²) in [4.78, 5) is 25.3. The molecule has 1 aliphatic heterocycles. The minimum absolute atomic E-state index is 0.0401. The van der Waals surface area contributed by atoms with Gasteiger partial charge in [-0.25, -0.2) is 14.8 Å². The molecule has 1 aromatic carbocycles. The summed E-state index contributed by atoms with van der Waals surface area (Å²) < 4.78 is 43.9. The number of carbonyl (C=O) groups is 1. The molecule has 6 nitrogen and oxygen atoms in total. The van der Waals surface area contributed by atoms with Gasteiger partial charge in [-0.05, 0) is 43.2 Å². The first-order valence-electron chi connectivity index (χ1n) is 10.1. The molecule has 0 amide bonds. The van der Waals surface area contributed by atoms with Crippen LogP contribution in [0.2, 0.25) is 5.02 Å². The number of rotatable bonds is 5. The standard InChI is InChI=1S/C23H20ClF3N4O2/c1-13-14(2)30-21(29-13)19-20(33-22(32)23(25,26)27)18(7-9-28-19)16-8-10-31(12-16)11-15-3-5-17(24)6-4-15/h3-9H,10-12H2,1-2H3,(H,29,30). The Morgan fingerprint density at radius 3 is 2.58 bits per heavy atom. The molecule has 0 saturated carbocycles. The number of hydrogen-bond acceptors (Lipinski definition) is 5. The summed E-state index contributed by atoms with van der Waals surface area (Å²) in [5, 5.41) is 0.642. The topological polar surface area (TPSA) is 71.1 Å². The summed E-state index contributed by atoms with van der Waals surface area (Å²) in [6.45, 7) is 5.21. The Hall–Kier alpha value is -3.17. The van der Waals surface area contributed by atoms with Crippen LogP contribution in [0.15, 0.2) is 42.6 Å². The molecule has 3 aromatic rings. The molecule has 10 heteroatoms. The Balaban J connectivity index is 1.66. The fourth-order valence-electron chi connectivity index (χ4n) is 3.56. The van der Waals surface area contributed by atoms with Crippen molar-refractivity contribution in [3.05, 3.63) is 70.1 Å². The van der Waals surface area contributed by atoms with Crippen molar-refractivity contribution in [1.29, 1.82) is 0 Å². The molecule has 1 N–H and O–H groups in total. The molecule has 0 spiro atoms. The van der Waals surface area contributed by atoms with E-state index in [0.29, 0.717) is 35.9 Å². The number of H-pyrrole nitrogens is 1. The zero-order valence-electron chi connectivity index (χ0n) is 17.8. The number of alkyl halides is 3. The lowest BCUT2D eigenvalue weighted by Crippen LogP contribution is -2.28. The van der Waals surface area contributed by atoms with Crippen LogP contribution in [0, 0.1) is 13.8 Å². The second-order valence-corrected chi connectivity index (χ2v) is 8.18. The molecular weight excluding hydrogens is 457 g/mol. The molecule has 0 fully saturated rings. The zero-order valence-corrected chi connectivity index (χ0v) is 18.6. The Kier molecular flexibility index (Phi) is 6.27. The molecule has 1 aliphatic rings. The Morgan fingerprint density at radius 1 is 1.21 bits per heavy atom. The minimum atomic E-state index is -5.15. The highest BCUT2D eigenvalue weighted by atomic mass is 35.5. The van der Waals surface area contributed by atoms with Crippen molar-refractivity contribution in [2.45, 2.75) is 26.6 Å². The first-order chi connectivity index (χ1) is 15.6. The normalized spacial score (nSPS) is 14.4. The second-order valence-electron chi connectivity index (χ2n) is 7.74. The van der Waals surface area contributed by atoms with Gasteiger partial charge in [-0.3, -0.25) is 4.90 Å². The first-order valence-corrected chi connectivity index (χ1v) is 10.5. The zero-order chi connectivity index (χ0) is 23.8. The third kappa shape index (κ3) is 5.09. The number of ether oxygens (including phenoxy) is 1. The number of aromatic amines is 1. The van der Waals surface area contributed by atoms with E-state index in [2.05, 4.69) is 19.9 Å². The summed E-state index contributed by atoms with van der Waals surface area (Å²) in [6, 6.07) is 8.99. The number of nitrogens with zero attached hydrogens (tertiary/aromatic N) is 3. The van der Waals surface area contributed by atoms with Crippen molar-refractivity contribution >= 4 is 23.1 Å². The van der Waals surface area contributed by atoms with Gasteiger partial charge in [0, 0.05) is 42.1 Å². The number of benzene rings is 1. The van der Waals surface area contributed by atoms with Gasteiger partial charge in [0.25, 0.3) is 0 Å². The van der Waals surface area contributed by atoms with Crippen molar-refractivity contribution in [1.82, 2.24) is 19.9 Å². The number of esters is 1. The van der Waals surface area contributed by atoms with E-state index in [4.69, 9.17) is 16.3 Å². The number of nitrogens with one attached hydrogen (secondary N) is 1. The van der Waals surface area contributed by atoms with Gasteiger partial charge < -0.3 is 9.72 Å². The number of imidazole rings is 1. The molecule has 0 radical (unpaired) electrons. The summed E-state index contributed by atoms with van der Waals surface area (Å²) in [7, 11) is 0. The Morgan fingerprint density at radius 2 is 1.94 bits per heavy atom. The fraction of sp³-hybridized carbons (Fsp3) is 0.261. The SMILES string of the molecule is Cc1nc(-c2nccc(C3=CCN(Cc4ccc(Cl)cc4)C3)c2OC(=O)C(F)(F)F)[nH]c1C. The smallest absolute Gasteiger partial charge is 0.417 e. The largest absolute Gasteiger partial charge is 0.491 e. The van der Waals surface area contributed by atoms with Crippen LogP contribution in [0.4, 0.5) is 13.2 Å². The van der Waals surface area contributed by atoms with Crippen LogP contribution in [0.3, 0.4) is 0 Å². The predicted molar refractivity (Wildman–Crippen MR) is 118 cm³/mol. The molecule has 0 unspecified atom stereocenters. The summed E-state index contributed by atoms with van der Waals surface area (Å²) in [5.74, 6) is -2.35. The third-order valence-corrected chi connectivity index (χ3v) is 5.59. The maximum Gasteiger partial charge on any atom is 0.491 e. The molecule has 3 heterocycles. The van der Waals surface area contributed by atoms with E-state index in [-0.39, 0.29) is 17.3 Å². The van der Waals surface area contributed by atoms with Gasteiger partial charge in [0.2, 0.25) is 0 Å². The summed E-state index contributed by atoms with van der Waals surface area (Å²) >= 11 is 5.94. The van der Waals surface area contributed by atoms with Crippen LogP contribution in [0.1, 0.15) is 22.5 Å². The summed E-state index contributed by atoms with van der Waals surface area (Å²) in [6.07, 6.45) is -1.78. The predicted octanol–water partition coefficient (Wildman–Crippen LogP) is 5.11. The van der Waals surface area contributed by atoms with E-state index in [0.717, 1.165) is 16.8 Å². The highest BCUT2D eigenvalue weighted by molar-refractivity contribution is 6.30. The summed E-state index contributed by atoms with van der Waals surface area (Å²) in [5.41, 5.74) is 3.59. The number of carbonyl (C=O) groups excluding carboxylic acids is 1. The third-order valence-electron chi connectivity index (χ3n) is 5.34. The highest BCUT2D eigenvalue weighted by Crippen LogP contribution is 2.37. The van der Waals surface area contributed by atoms with Gasteiger partial charge >= 0.3 is 12.1 Å². The first kappa shape index (κ1) is 23.0. The van der Waals surface area contributed by atoms with Crippen molar-refractivity contribution in [3.8, 4) is 17.3 Å². The molecular formula is C23H20ClF3N4O2. The lowest BCUT2D eigenvalue weighted by molar-refractivity contribution is -0.189. The maximum absolute atomic E-state index is 13.0. The van der Waals surface area contributed by atoms with Gasteiger partial charge in [0.05, 0.1) is 5.69 Å². The van der Waals surface area contributed by atoms with E-state index < -0.39 is 12.1 Å². The molecule has 33 heavy (non-hydrogen) atoms. The number of pyridine rings is 1. The lowest BCUT2D eigenvalue weighted by Gasteiger charge is -2.18. The van der Waals surface area contributed by atoms with E-state index in [1.165, 1.54) is 6.20 Å². The van der Waals surface area contributed by atoms with E-state index in [9.17, 15) is 18.0 Å². The van der Waals surface area contributed by atoms with Crippen LogP contribution < -0.4 is 4.74 Å². The number of hydrogen-bond donors (Lipinski definition) is 1. The van der Waals surface area contributed by atoms with E-state index in [1.54, 1.807) is 32.0 Å². The Bertz CT molecular complexity index is 1200. The van der Waals surface area contributed by atoms with Gasteiger partial charge in [-0.2, -0.15) is 13.2 Å². The minimum Gasteiger partial charge on any atom is -0.417 e. The van der Waals surface area contributed by atoms with Gasteiger partial charge in [0.1, 0.15) is 5.69 Å². The van der Waals surface area contributed by atoms with E-state index >= 15 is 0 Å². The van der Waals surface area contributed by atoms with Gasteiger partial charge in [-0.1, -0.05) is 29.8 Å². The molecule has 172 valence electrons. The average Bonchev–Trinajstić information content (AvgIpc) is 3.35. The molecule has 0 saturated heterocycles. The van der Waals surface area contributed by atoms with E-state index in [1.807, 2.05) is 18.2 Å². The highest BCUT2D eigenvalue weighted by Gasteiger charge is 2.42. The number of aryl methyl sites for hydroxylation is 2. The van der Waals surface area contributed by atoms with Gasteiger partial charge in [0.15, 0.2) is 11.6 Å². The molecule has 0 atom stereocenters. The molecule has 2 aromatic heterocycles.